The highest BCUT2D eigenvalue weighted by atomic mass is 79.9. The summed E-state index contributed by atoms with van der Waals surface area (Å²) >= 11 is 17.4. The summed E-state index contributed by atoms with van der Waals surface area (Å²) in [6.07, 6.45) is 2.04. The molecule has 1 aromatic carbocycles. The smallest absolute Gasteiger partial charge is 0.0702 e. The largest absolute Gasteiger partial charge is 0.342 e. The minimum absolute atomic E-state index is 0.666. The molecule has 0 aliphatic rings. The summed E-state index contributed by atoms with van der Waals surface area (Å²) in [7, 11) is 0. The number of fused-ring (bicyclic) bond motifs is 1. The van der Waals surface area contributed by atoms with E-state index in [-0.39, 0.29) is 0 Å². The Morgan fingerprint density at radius 3 is 2.72 bits per heavy atom. The predicted octanol–water partition coefficient (Wildman–Crippen LogP) is 5.82. The van der Waals surface area contributed by atoms with E-state index in [9.17, 15) is 0 Å². The van der Waals surface area contributed by atoms with Gasteiger partial charge in [0.05, 0.1) is 20.9 Å². The maximum atomic E-state index is 6.18. The molecule has 0 spiro atoms. The first-order valence-corrected chi connectivity index (χ1v) is 7.68. The third-order valence-corrected chi connectivity index (χ3v) is 4.90. The van der Waals surface area contributed by atoms with E-state index in [1.807, 2.05) is 18.3 Å². The van der Waals surface area contributed by atoms with Crippen molar-refractivity contribution in [2.24, 2.45) is 0 Å². The number of thiophene rings is 1. The van der Waals surface area contributed by atoms with Crippen LogP contribution in [0.25, 0.3) is 10.9 Å². The lowest BCUT2D eigenvalue weighted by atomic mass is 10.2. The Morgan fingerprint density at radius 2 is 2.00 bits per heavy atom. The van der Waals surface area contributed by atoms with Crippen molar-refractivity contribution in [2.75, 3.05) is 0 Å². The van der Waals surface area contributed by atoms with E-state index in [1.54, 1.807) is 17.4 Å². The molecule has 5 heteroatoms. The maximum Gasteiger partial charge on any atom is 0.0702 e. The first-order valence-electron chi connectivity index (χ1n) is 5.31. The van der Waals surface area contributed by atoms with Gasteiger partial charge in [-0.25, -0.2) is 0 Å². The van der Waals surface area contributed by atoms with Gasteiger partial charge >= 0.3 is 0 Å². The van der Waals surface area contributed by atoms with Crippen molar-refractivity contribution in [3.63, 3.8) is 0 Å². The van der Waals surface area contributed by atoms with E-state index in [0.717, 1.165) is 21.2 Å². The topological polar surface area (TPSA) is 4.93 Å². The first-order chi connectivity index (χ1) is 8.63. The summed E-state index contributed by atoms with van der Waals surface area (Å²) in [5.74, 6) is 0. The van der Waals surface area contributed by atoms with Crippen molar-refractivity contribution in [3.8, 4) is 0 Å². The second-order valence-corrected chi connectivity index (χ2v) is 7.36. The molecule has 2 aromatic heterocycles. The second-order valence-electron chi connectivity index (χ2n) is 3.97. The Balaban J connectivity index is 2.07. The van der Waals surface area contributed by atoms with Crippen LogP contribution in [0.4, 0.5) is 0 Å². The number of halogens is 3. The van der Waals surface area contributed by atoms with E-state index >= 15 is 0 Å². The number of hydrogen-bond donors (Lipinski definition) is 0. The Bertz CT molecular complexity index is 717. The average molecular weight is 361 g/mol. The van der Waals surface area contributed by atoms with Gasteiger partial charge in [-0.2, -0.15) is 0 Å². The minimum Gasteiger partial charge on any atom is -0.342 e. The summed E-state index contributed by atoms with van der Waals surface area (Å²) in [6, 6.07) is 9.93. The summed E-state index contributed by atoms with van der Waals surface area (Å²) in [5, 5.41) is 2.40. The molecule has 0 saturated heterocycles. The monoisotopic (exact) mass is 359 g/mol. The van der Waals surface area contributed by atoms with Gasteiger partial charge in [-0.05, 0) is 46.3 Å². The van der Waals surface area contributed by atoms with Crippen molar-refractivity contribution in [1.82, 2.24) is 4.57 Å². The molecule has 92 valence electrons. The van der Waals surface area contributed by atoms with Gasteiger partial charge in [0.2, 0.25) is 0 Å². The average Bonchev–Trinajstić information content (AvgIpc) is 2.87. The van der Waals surface area contributed by atoms with Crippen LogP contribution in [0.15, 0.2) is 40.3 Å². The zero-order chi connectivity index (χ0) is 12.7. The van der Waals surface area contributed by atoms with Gasteiger partial charge in [0.1, 0.15) is 0 Å². The molecule has 0 aliphatic heterocycles. The fraction of sp³-hybridized carbons (Fsp3) is 0.0769. The van der Waals surface area contributed by atoms with E-state index in [0.29, 0.717) is 10.0 Å². The standard InChI is InChI=1S/C13H8BrCl2NS/c14-13-2-1-9(18-13)7-17-4-3-10-11(16)5-8(15)6-12(10)17/h1-6H,7H2. The third-order valence-electron chi connectivity index (χ3n) is 2.76. The van der Waals surface area contributed by atoms with Gasteiger partial charge in [-0.3, -0.25) is 0 Å². The Morgan fingerprint density at radius 1 is 1.17 bits per heavy atom. The molecule has 2 heterocycles. The molecule has 0 aliphatic carbocycles. The van der Waals surface area contributed by atoms with E-state index < -0.39 is 0 Å². The number of nitrogens with zero attached hydrogens (tertiary/aromatic N) is 1. The molecule has 1 nitrogen and oxygen atoms in total. The van der Waals surface area contributed by atoms with Gasteiger partial charge in [0.15, 0.2) is 0 Å². The molecule has 0 radical (unpaired) electrons. The number of hydrogen-bond acceptors (Lipinski definition) is 1. The van der Waals surface area contributed by atoms with Crippen LogP contribution < -0.4 is 0 Å². The lowest BCUT2D eigenvalue weighted by molar-refractivity contribution is 0.852. The highest BCUT2D eigenvalue weighted by molar-refractivity contribution is 9.11. The quantitative estimate of drug-likeness (QED) is 0.542. The van der Waals surface area contributed by atoms with Crippen molar-refractivity contribution < 1.29 is 0 Å². The van der Waals surface area contributed by atoms with Crippen LogP contribution in [0, 0.1) is 0 Å². The lowest BCUT2D eigenvalue weighted by Crippen LogP contribution is -1.95. The Hall–Kier alpha value is -0.480. The van der Waals surface area contributed by atoms with Crippen LogP contribution in [0.2, 0.25) is 10.0 Å². The van der Waals surface area contributed by atoms with Gasteiger partial charge in [-0.1, -0.05) is 23.2 Å². The van der Waals surface area contributed by atoms with E-state index in [2.05, 4.69) is 32.6 Å². The number of benzene rings is 1. The SMILES string of the molecule is Clc1cc(Cl)c2ccn(Cc3ccc(Br)s3)c2c1. The molecule has 0 bridgehead atoms. The predicted molar refractivity (Wildman–Crippen MR) is 83.1 cm³/mol. The summed E-state index contributed by atoms with van der Waals surface area (Å²) in [5.41, 5.74) is 1.07. The van der Waals surface area contributed by atoms with E-state index in [4.69, 9.17) is 23.2 Å². The molecule has 0 fully saturated rings. The van der Waals surface area contributed by atoms with Crippen LogP contribution in [0.5, 0.6) is 0 Å². The molecule has 3 rings (SSSR count). The van der Waals surface area contributed by atoms with Crippen LogP contribution in [-0.2, 0) is 6.54 Å². The molecular weight excluding hydrogens is 353 g/mol. The van der Waals surface area contributed by atoms with Gasteiger partial charge in [-0.15, -0.1) is 11.3 Å². The van der Waals surface area contributed by atoms with Crippen LogP contribution in [0.1, 0.15) is 4.88 Å². The molecular formula is C13H8BrCl2NS. The third kappa shape index (κ3) is 2.32. The van der Waals surface area contributed by atoms with Crippen LogP contribution in [0.3, 0.4) is 0 Å². The fourth-order valence-corrected chi connectivity index (χ4v) is 3.99. The van der Waals surface area contributed by atoms with E-state index in [1.165, 1.54) is 4.88 Å². The highest BCUT2D eigenvalue weighted by Crippen LogP contribution is 2.30. The summed E-state index contributed by atoms with van der Waals surface area (Å²) in [6.45, 7) is 0.830. The highest BCUT2D eigenvalue weighted by Gasteiger charge is 2.07. The first kappa shape index (κ1) is 12.5. The summed E-state index contributed by atoms with van der Waals surface area (Å²) < 4.78 is 3.30. The summed E-state index contributed by atoms with van der Waals surface area (Å²) in [4.78, 5) is 1.29. The Labute approximate surface area is 127 Å². The van der Waals surface area contributed by atoms with Gasteiger partial charge < -0.3 is 4.57 Å². The van der Waals surface area contributed by atoms with Crippen LogP contribution >= 0.6 is 50.5 Å². The number of rotatable bonds is 2. The van der Waals surface area contributed by atoms with Crippen molar-refractivity contribution in [2.45, 2.75) is 6.54 Å². The zero-order valence-corrected chi connectivity index (χ0v) is 13.1. The molecule has 0 amide bonds. The molecule has 0 unspecified atom stereocenters. The zero-order valence-electron chi connectivity index (χ0n) is 9.16. The van der Waals surface area contributed by atoms with Crippen molar-refractivity contribution in [3.05, 3.63) is 55.2 Å². The Kier molecular flexibility index (Phi) is 3.41. The normalized spacial score (nSPS) is 11.3. The molecule has 0 atom stereocenters. The fourth-order valence-electron chi connectivity index (χ4n) is 1.96. The number of aromatic nitrogens is 1. The van der Waals surface area contributed by atoms with Crippen molar-refractivity contribution >= 4 is 61.4 Å². The maximum absolute atomic E-state index is 6.18. The van der Waals surface area contributed by atoms with Crippen molar-refractivity contribution in [1.29, 1.82) is 0 Å². The molecule has 0 N–H and O–H groups in total. The second kappa shape index (κ2) is 4.89. The van der Waals surface area contributed by atoms with Gasteiger partial charge in [0.25, 0.3) is 0 Å². The minimum atomic E-state index is 0.666. The molecule has 0 saturated carbocycles. The van der Waals surface area contributed by atoms with Gasteiger partial charge in [0, 0.05) is 21.5 Å². The lowest BCUT2D eigenvalue weighted by Gasteiger charge is -2.04. The molecule has 18 heavy (non-hydrogen) atoms. The van der Waals surface area contributed by atoms with Crippen LogP contribution in [-0.4, -0.2) is 4.57 Å². The molecule has 3 aromatic rings.